The van der Waals surface area contributed by atoms with Gasteiger partial charge in [-0.05, 0) is 73.4 Å². The van der Waals surface area contributed by atoms with Gasteiger partial charge >= 0.3 is 0 Å². The van der Waals surface area contributed by atoms with Gasteiger partial charge in [-0.1, -0.05) is 53.6 Å². The van der Waals surface area contributed by atoms with Crippen LogP contribution in [0.25, 0.3) is 6.08 Å². The van der Waals surface area contributed by atoms with Gasteiger partial charge in [-0.25, -0.2) is 0 Å². The number of rotatable bonds is 6. The number of amides is 1. The fourth-order valence-electron chi connectivity index (χ4n) is 3.28. The van der Waals surface area contributed by atoms with E-state index < -0.39 is 5.91 Å². The summed E-state index contributed by atoms with van der Waals surface area (Å²) in [7, 11) is 0. The monoisotopic (exact) mass is 430 g/mol. The average molecular weight is 431 g/mol. The third-order valence-electron chi connectivity index (χ3n) is 4.79. The molecule has 1 amide bonds. The Morgan fingerprint density at radius 3 is 2.23 bits per heavy atom. The highest BCUT2D eigenvalue weighted by molar-refractivity contribution is 6.30. The number of benzene rings is 3. The summed E-state index contributed by atoms with van der Waals surface area (Å²) >= 11 is 5.89. The van der Waals surface area contributed by atoms with Gasteiger partial charge in [0.25, 0.3) is 5.91 Å². The Morgan fingerprint density at radius 2 is 1.65 bits per heavy atom. The number of hydrogen-bond acceptors (Lipinski definition) is 3. The molecule has 0 atom stereocenters. The first-order chi connectivity index (χ1) is 14.9. The second-order valence-corrected chi connectivity index (χ2v) is 7.82. The van der Waals surface area contributed by atoms with E-state index >= 15 is 0 Å². The number of nitrogens with one attached hydrogen (secondary N) is 1. The van der Waals surface area contributed by atoms with Crippen LogP contribution in [-0.4, -0.2) is 5.91 Å². The van der Waals surface area contributed by atoms with E-state index in [0.717, 1.165) is 33.5 Å². The number of nitriles is 1. The molecule has 0 unspecified atom stereocenters. The van der Waals surface area contributed by atoms with Crippen molar-refractivity contribution in [1.82, 2.24) is 0 Å². The summed E-state index contributed by atoms with van der Waals surface area (Å²) in [5.74, 6) is 0.265. The van der Waals surface area contributed by atoms with Crippen LogP contribution in [0.5, 0.6) is 5.75 Å². The fourth-order valence-corrected chi connectivity index (χ4v) is 3.41. The van der Waals surface area contributed by atoms with Gasteiger partial charge in [0.05, 0.1) is 0 Å². The van der Waals surface area contributed by atoms with Gasteiger partial charge < -0.3 is 10.1 Å². The van der Waals surface area contributed by atoms with Crippen LogP contribution in [0.1, 0.15) is 27.8 Å². The summed E-state index contributed by atoms with van der Waals surface area (Å²) in [6, 6.07) is 20.7. The number of nitrogens with zero attached hydrogens (tertiary/aromatic N) is 1. The van der Waals surface area contributed by atoms with Gasteiger partial charge in [0.1, 0.15) is 24.0 Å². The van der Waals surface area contributed by atoms with Gasteiger partial charge in [0.2, 0.25) is 0 Å². The van der Waals surface area contributed by atoms with Crippen molar-refractivity contribution < 1.29 is 9.53 Å². The Morgan fingerprint density at radius 1 is 1.03 bits per heavy atom. The minimum Gasteiger partial charge on any atom is -0.489 e. The Bertz CT molecular complexity index is 1130. The van der Waals surface area contributed by atoms with Crippen LogP contribution >= 0.6 is 11.6 Å². The standard InChI is InChI=1S/C26H23ClN2O2/c1-17-12-18(2)25(19(3)13-17)29-26(30)22(15-28)14-20-6-10-24(11-7-20)31-16-21-4-8-23(27)9-5-21/h4-14H,16H2,1-3H3,(H,29,30). The Labute approximate surface area is 187 Å². The zero-order valence-corrected chi connectivity index (χ0v) is 18.5. The molecule has 4 nitrogen and oxygen atoms in total. The third kappa shape index (κ3) is 5.97. The number of halogens is 1. The lowest BCUT2D eigenvalue weighted by Gasteiger charge is -2.12. The average Bonchev–Trinajstić information content (AvgIpc) is 2.75. The highest BCUT2D eigenvalue weighted by atomic mass is 35.5. The van der Waals surface area contributed by atoms with Crippen LogP contribution in [0.4, 0.5) is 5.69 Å². The van der Waals surface area contributed by atoms with Crippen LogP contribution < -0.4 is 10.1 Å². The molecule has 0 fully saturated rings. The number of carbonyl (C=O) groups is 1. The highest BCUT2D eigenvalue weighted by Crippen LogP contribution is 2.23. The molecule has 5 heteroatoms. The molecule has 0 bridgehead atoms. The first kappa shape index (κ1) is 22.1. The zero-order chi connectivity index (χ0) is 22.4. The van der Waals surface area contributed by atoms with Crippen molar-refractivity contribution in [3.05, 3.63) is 99.1 Å². The maximum atomic E-state index is 12.7. The van der Waals surface area contributed by atoms with Crippen LogP contribution in [0, 0.1) is 32.1 Å². The van der Waals surface area contributed by atoms with E-state index in [1.807, 2.05) is 87.5 Å². The van der Waals surface area contributed by atoms with Gasteiger partial charge in [-0.15, -0.1) is 0 Å². The molecule has 1 N–H and O–H groups in total. The maximum Gasteiger partial charge on any atom is 0.266 e. The molecular formula is C26H23ClN2O2. The van der Waals surface area contributed by atoms with Gasteiger partial charge in [-0.2, -0.15) is 5.26 Å². The smallest absolute Gasteiger partial charge is 0.266 e. The highest BCUT2D eigenvalue weighted by Gasteiger charge is 2.13. The SMILES string of the molecule is Cc1cc(C)c(NC(=O)C(C#N)=Cc2ccc(OCc3ccc(Cl)cc3)cc2)c(C)c1. The number of carbonyl (C=O) groups excluding carboxylic acids is 1. The minimum absolute atomic E-state index is 0.0363. The van der Waals surface area contributed by atoms with E-state index in [1.54, 1.807) is 6.08 Å². The molecule has 31 heavy (non-hydrogen) atoms. The van der Waals surface area contributed by atoms with Crippen LogP contribution in [-0.2, 0) is 11.4 Å². The molecule has 0 spiro atoms. The molecular weight excluding hydrogens is 408 g/mol. The van der Waals surface area contributed by atoms with Crippen molar-refractivity contribution in [2.45, 2.75) is 27.4 Å². The van der Waals surface area contributed by atoms with Crippen molar-refractivity contribution in [1.29, 1.82) is 5.26 Å². The molecule has 0 aromatic heterocycles. The summed E-state index contributed by atoms with van der Waals surface area (Å²) in [5.41, 5.74) is 5.58. The lowest BCUT2D eigenvalue weighted by molar-refractivity contribution is -0.112. The number of ether oxygens (including phenoxy) is 1. The van der Waals surface area contributed by atoms with E-state index in [4.69, 9.17) is 16.3 Å². The Balaban J connectivity index is 1.68. The van der Waals surface area contributed by atoms with Crippen molar-refractivity contribution in [2.24, 2.45) is 0 Å². The lowest BCUT2D eigenvalue weighted by Crippen LogP contribution is -2.15. The van der Waals surface area contributed by atoms with E-state index in [-0.39, 0.29) is 5.57 Å². The molecule has 0 heterocycles. The number of aryl methyl sites for hydroxylation is 3. The molecule has 0 aliphatic carbocycles. The lowest BCUT2D eigenvalue weighted by atomic mass is 10.0. The molecule has 0 saturated carbocycles. The molecule has 156 valence electrons. The number of anilines is 1. The maximum absolute atomic E-state index is 12.7. The number of hydrogen-bond donors (Lipinski definition) is 1. The summed E-state index contributed by atoms with van der Waals surface area (Å²) < 4.78 is 5.77. The van der Waals surface area contributed by atoms with Crippen molar-refractivity contribution in [2.75, 3.05) is 5.32 Å². The first-order valence-electron chi connectivity index (χ1n) is 9.84. The zero-order valence-electron chi connectivity index (χ0n) is 17.7. The largest absolute Gasteiger partial charge is 0.489 e. The first-order valence-corrected chi connectivity index (χ1v) is 10.2. The minimum atomic E-state index is -0.430. The van der Waals surface area contributed by atoms with Crippen molar-refractivity contribution >= 4 is 29.3 Å². The molecule has 0 saturated heterocycles. The predicted octanol–water partition coefficient (Wildman–Crippen LogP) is 6.39. The second kappa shape index (κ2) is 9.97. The predicted molar refractivity (Wildman–Crippen MR) is 125 cm³/mol. The molecule has 3 aromatic rings. The molecule has 0 radical (unpaired) electrons. The molecule has 0 aliphatic heterocycles. The Kier molecular flexibility index (Phi) is 7.12. The van der Waals surface area contributed by atoms with Crippen LogP contribution in [0.3, 0.4) is 0 Å². The topological polar surface area (TPSA) is 62.1 Å². The fraction of sp³-hybridized carbons (Fsp3) is 0.154. The second-order valence-electron chi connectivity index (χ2n) is 7.38. The van der Waals surface area contributed by atoms with Gasteiger partial charge in [-0.3, -0.25) is 4.79 Å². The normalized spacial score (nSPS) is 11.0. The quantitative estimate of drug-likeness (QED) is 0.364. The summed E-state index contributed by atoms with van der Waals surface area (Å²) in [4.78, 5) is 12.7. The van der Waals surface area contributed by atoms with Crippen LogP contribution in [0.2, 0.25) is 5.02 Å². The van der Waals surface area contributed by atoms with E-state index in [2.05, 4.69) is 5.32 Å². The Hall–Kier alpha value is -3.55. The molecule has 3 rings (SSSR count). The molecule has 3 aromatic carbocycles. The van der Waals surface area contributed by atoms with Crippen molar-refractivity contribution in [3.63, 3.8) is 0 Å². The summed E-state index contributed by atoms with van der Waals surface area (Å²) in [6.07, 6.45) is 1.57. The molecule has 0 aliphatic rings. The summed E-state index contributed by atoms with van der Waals surface area (Å²) in [6.45, 7) is 6.31. The van der Waals surface area contributed by atoms with Gasteiger partial charge in [0, 0.05) is 10.7 Å². The van der Waals surface area contributed by atoms with E-state index in [9.17, 15) is 10.1 Å². The third-order valence-corrected chi connectivity index (χ3v) is 5.04. The van der Waals surface area contributed by atoms with Crippen LogP contribution in [0.15, 0.2) is 66.2 Å². The van der Waals surface area contributed by atoms with Crippen molar-refractivity contribution in [3.8, 4) is 11.8 Å². The summed E-state index contributed by atoms with van der Waals surface area (Å²) in [5, 5.41) is 13.0. The van der Waals surface area contributed by atoms with E-state index in [0.29, 0.717) is 17.4 Å². The van der Waals surface area contributed by atoms with E-state index in [1.165, 1.54) is 0 Å². The van der Waals surface area contributed by atoms with Gasteiger partial charge in [0.15, 0.2) is 0 Å².